The average molecular weight is 294 g/mol. The number of nitrogens with one attached hydrogen (secondary N) is 1. The van der Waals surface area contributed by atoms with Crippen LogP contribution in [0.3, 0.4) is 0 Å². The number of carbonyl (C=O) groups is 1. The van der Waals surface area contributed by atoms with Gasteiger partial charge in [-0.2, -0.15) is 0 Å². The summed E-state index contributed by atoms with van der Waals surface area (Å²) in [5.74, 6) is 0.712. The Balaban J connectivity index is 1.63. The molecule has 1 saturated carbocycles. The third-order valence-corrected chi connectivity index (χ3v) is 4.59. The van der Waals surface area contributed by atoms with Gasteiger partial charge in [0.2, 0.25) is 6.79 Å². The highest BCUT2D eigenvalue weighted by atomic mass is 32.1. The maximum Gasteiger partial charge on any atom is 0.263 e. The lowest BCUT2D eigenvalue weighted by Gasteiger charge is -2.31. The highest BCUT2D eigenvalue weighted by molar-refractivity contribution is 7.22. The lowest BCUT2D eigenvalue weighted by atomic mass is 9.81. The number of hydrogen-bond acceptors (Lipinski definition) is 5. The van der Waals surface area contributed by atoms with Gasteiger partial charge in [0.1, 0.15) is 0 Å². The zero-order chi connectivity index (χ0) is 13.7. The molecule has 1 fully saturated rings. The largest absolute Gasteiger partial charge is 0.454 e. The Kier molecular flexibility index (Phi) is 2.41. The predicted molar refractivity (Wildman–Crippen MR) is 72.1 cm³/mol. The van der Waals surface area contributed by atoms with Gasteiger partial charge < -0.3 is 9.47 Å². The van der Waals surface area contributed by atoms with E-state index in [2.05, 4.69) is 10.3 Å². The summed E-state index contributed by atoms with van der Waals surface area (Å²) in [7, 11) is 0. The fourth-order valence-corrected chi connectivity index (χ4v) is 3.17. The normalized spacial score (nSPS) is 18.9. The number of benzene rings is 1. The molecule has 2 aliphatic rings. The maximum absolute atomic E-state index is 14.0. The molecule has 0 spiro atoms. The van der Waals surface area contributed by atoms with Gasteiger partial charge in [0.25, 0.3) is 5.91 Å². The Hall–Kier alpha value is -1.89. The van der Waals surface area contributed by atoms with Crippen LogP contribution in [-0.2, 0) is 4.79 Å². The third-order valence-electron chi connectivity index (χ3n) is 3.66. The first-order valence-electron chi connectivity index (χ1n) is 6.35. The summed E-state index contributed by atoms with van der Waals surface area (Å²) in [5.41, 5.74) is -1.01. The second-order valence-electron chi connectivity index (χ2n) is 4.97. The number of fused-ring (bicyclic) bond motifs is 2. The number of aromatic nitrogens is 1. The first-order valence-corrected chi connectivity index (χ1v) is 7.16. The summed E-state index contributed by atoms with van der Waals surface area (Å²) in [5, 5.41) is 2.96. The smallest absolute Gasteiger partial charge is 0.263 e. The SMILES string of the molecule is O=C(Nc1nc2cc3c(cc2s1)OCO3)C1(F)CCC1. The fraction of sp³-hybridized carbons (Fsp3) is 0.385. The summed E-state index contributed by atoms with van der Waals surface area (Å²) in [4.78, 5) is 16.1. The molecule has 0 saturated heterocycles. The molecule has 1 aromatic carbocycles. The van der Waals surface area contributed by atoms with Crippen LogP contribution in [0.1, 0.15) is 19.3 Å². The first-order chi connectivity index (χ1) is 9.64. The van der Waals surface area contributed by atoms with Gasteiger partial charge in [-0.1, -0.05) is 11.3 Å². The molecular weight excluding hydrogens is 283 g/mol. The van der Waals surface area contributed by atoms with E-state index in [9.17, 15) is 9.18 Å². The van der Waals surface area contributed by atoms with Crippen molar-refractivity contribution in [1.29, 1.82) is 0 Å². The Morgan fingerprint density at radius 2 is 2.10 bits per heavy atom. The molecule has 4 rings (SSSR count). The molecule has 0 bridgehead atoms. The van der Waals surface area contributed by atoms with Crippen LogP contribution in [0.4, 0.5) is 9.52 Å². The Morgan fingerprint density at radius 1 is 1.35 bits per heavy atom. The zero-order valence-corrected chi connectivity index (χ0v) is 11.3. The van der Waals surface area contributed by atoms with Crippen molar-refractivity contribution < 1.29 is 18.7 Å². The molecule has 104 valence electrons. The Labute approximate surface area is 117 Å². The van der Waals surface area contributed by atoms with Gasteiger partial charge in [0.15, 0.2) is 22.3 Å². The second kappa shape index (κ2) is 4.05. The molecule has 0 radical (unpaired) electrons. The van der Waals surface area contributed by atoms with E-state index >= 15 is 0 Å². The summed E-state index contributed by atoms with van der Waals surface area (Å²) in [6.07, 6.45) is 1.34. The van der Waals surface area contributed by atoms with Gasteiger partial charge in [-0.3, -0.25) is 10.1 Å². The maximum atomic E-state index is 14.0. The molecule has 1 amide bonds. The van der Waals surface area contributed by atoms with E-state index in [0.717, 1.165) is 11.1 Å². The summed E-state index contributed by atoms with van der Waals surface area (Å²) < 4.78 is 25.4. The molecule has 7 heteroatoms. The van der Waals surface area contributed by atoms with Crippen LogP contribution in [0, 0.1) is 0 Å². The van der Waals surface area contributed by atoms with Crippen molar-refractivity contribution in [3.8, 4) is 11.5 Å². The monoisotopic (exact) mass is 294 g/mol. The lowest BCUT2D eigenvalue weighted by Crippen LogP contribution is -2.44. The van der Waals surface area contributed by atoms with Gasteiger partial charge in [-0.15, -0.1) is 0 Å². The van der Waals surface area contributed by atoms with Crippen molar-refractivity contribution in [2.24, 2.45) is 0 Å². The van der Waals surface area contributed by atoms with Crippen LogP contribution in [-0.4, -0.2) is 23.4 Å². The van der Waals surface area contributed by atoms with E-state index in [-0.39, 0.29) is 6.79 Å². The van der Waals surface area contributed by atoms with Crippen molar-refractivity contribution in [2.45, 2.75) is 24.9 Å². The van der Waals surface area contributed by atoms with Gasteiger partial charge in [0.05, 0.1) is 10.2 Å². The van der Waals surface area contributed by atoms with E-state index < -0.39 is 11.6 Å². The van der Waals surface area contributed by atoms with Crippen molar-refractivity contribution in [3.63, 3.8) is 0 Å². The highest BCUT2D eigenvalue weighted by Crippen LogP contribution is 2.40. The standard InChI is InChI=1S/C13H11FN2O3S/c14-13(2-1-3-13)11(17)16-12-15-7-4-8-9(19-6-18-8)5-10(7)20-12/h4-5H,1-3,6H2,(H,15,16,17). The number of anilines is 1. The van der Waals surface area contributed by atoms with Crippen molar-refractivity contribution in [1.82, 2.24) is 4.98 Å². The summed E-state index contributed by atoms with van der Waals surface area (Å²) in [6.45, 7) is 0.209. The number of halogens is 1. The van der Waals surface area contributed by atoms with E-state index in [0.29, 0.717) is 35.0 Å². The third kappa shape index (κ3) is 1.73. The van der Waals surface area contributed by atoms with Gasteiger partial charge in [0, 0.05) is 12.1 Å². The van der Waals surface area contributed by atoms with Crippen LogP contribution in [0.25, 0.3) is 10.2 Å². The Morgan fingerprint density at radius 3 is 2.80 bits per heavy atom. The van der Waals surface area contributed by atoms with Crippen molar-refractivity contribution in [3.05, 3.63) is 12.1 Å². The van der Waals surface area contributed by atoms with E-state index in [4.69, 9.17) is 9.47 Å². The number of rotatable bonds is 2. The molecular formula is C13H11FN2O3S. The number of thiazole rings is 1. The molecule has 2 heterocycles. The molecule has 1 aliphatic carbocycles. The van der Waals surface area contributed by atoms with Crippen LogP contribution in [0.15, 0.2) is 12.1 Å². The van der Waals surface area contributed by atoms with Gasteiger partial charge in [-0.25, -0.2) is 9.37 Å². The Bertz CT molecular complexity index is 670. The molecule has 0 atom stereocenters. The lowest BCUT2D eigenvalue weighted by molar-refractivity contribution is -0.132. The second-order valence-corrected chi connectivity index (χ2v) is 6.00. The number of amides is 1. The van der Waals surface area contributed by atoms with Crippen LogP contribution >= 0.6 is 11.3 Å². The number of nitrogens with zero attached hydrogens (tertiary/aromatic N) is 1. The summed E-state index contributed by atoms with van der Waals surface area (Å²) in [6, 6.07) is 3.58. The molecule has 20 heavy (non-hydrogen) atoms. The minimum absolute atomic E-state index is 0.209. The molecule has 1 aliphatic heterocycles. The minimum Gasteiger partial charge on any atom is -0.454 e. The molecule has 0 unspecified atom stereocenters. The molecule has 1 N–H and O–H groups in total. The van der Waals surface area contributed by atoms with Crippen molar-refractivity contribution in [2.75, 3.05) is 12.1 Å². The fourth-order valence-electron chi connectivity index (χ4n) is 2.29. The van der Waals surface area contributed by atoms with Crippen LogP contribution in [0.5, 0.6) is 11.5 Å². The van der Waals surface area contributed by atoms with E-state index in [1.54, 1.807) is 6.07 Å². The number of hydrogen-bond donors (Lipinski definition) is 1. The van der Waals surface area contributed by atoms with Crippen LogP contribution < -0.4 is 14.8 Å². The zero-order valence-electron chi connectivity index (χ0n) is 10.4. The van der Waals surface area contributed by atoms with E-state index in [1.807, 2.05) is 6.07 Å². The highest BCUT2D eigenvalue weighted by Gasteiger charge is 2.44. The molecule has 2 aromatic rings. The van der Waals surface area contributed by atoms with Crippen LogP contribution in [0.2, 0.25) is 0 Å². The molecule has 1 aromatic heterocycles. The predicted octanol–water partition coefficient (Wildman–Crippen LogP) is 2.86. The first kappa shape index (κ1) is 11.9. The average Bonchev–Trinajstić information content (AvgIpc) is 2.97. The minimum atomic E-state index is -1.72. The van der Waals surface area contributed by atoms with Gasteiger partial charge >= 0.3 is 0 Å². The quantitative estimate of drug-likeness (QED) is 0.925. The van der Waals surface area contributed by atoms with Crippen molar-refractivity contribution >= 4 is 32.6 Å². The number of carbonyl (C=O) groups excluding carboxylic acids is 1. The van der Waals surface area contributed by atoms with E-state index in [1.165, 1.54) is 11.3 Å². The summed E-state index contributed by atoms with van der Waals surface area (Å²) >= 11 is 1.30. The van der Waals surface area contributed by atoms with Gasteiger partial charge in [-0.05, 0) is 19.3 Å². The number of ether oxygens (including phenoxy) is 2. The topological polar surface area (TPSA) is 60.5 Å². The number of alkyl halides is 1. The molecule has 5 nitrogen and oxygen atoms in total.